The van der Waals surface area contributed by atoms with E-state index in [1.165, 1.54) is 10.2 Å². The van der Waals surface area contributed by atoms with Crippen LogP contribution in [0.2, 0.25) is 0 Å². The van der Waals surface area contributed by atoms with Gasteiger partial charge in [0.25, 0.3) is 0 Å². The maximum atomic E-state index is 13.1. The van der Waals surface area contributed by atoms with Crippen LogP contribution in [0.1, 0.15) is 27.7 Å². The molecule has 27 heavy (non-hydrogen) atoms. The third-order valence-electron chi connectivity index (χ3n) is 4.85. The lowest BCUT2D eigenvalue weighted by Crippen LogP contribution is -2.27. The van der Waals surface area contributed by atoms with E-state index < -0.39 is 20.7 Å². The minimum atomic E-state index is -3.67. The fourth-order valence-corrected chi connectivity index (χ4v) is 5.31. The lowest BCUT2D eigenvalue weighted by molar-refractivity contribution is 0.0988. The van der Waals surface area contributed by atoms with Gasteiger partial charge >= 0.3 is 0 Å². The van der Waals surface area contributed by atoms with Crippen LogP contribution in [0.5, 0.6) is 0 Å². The first-order valence-electron chi connectivity index (χ1n) is 8.65. The highest BCUT2D eigenvalue weighted by Crippen LogP contribution is 2.32. The summed E-state index contributed by atoms with van der Waals surface area (Å²) >= 11 is 6.41. The van der Waals surface area contributed by atoms with Crippen molar-refractivity contribution in [2.75, 3.05) is 13.2 Å². The van der Waals surface area contributed by atoms with E-state index in [4.69, 9.17) is 16.3 Å². The zero-order valence-corrected chi connectivity index (χ0v) is 16.0. The molecule has 3 aromatic rings. The first kappa shape index (κ1) is 18.2. The molecule has 0 radical (unpaired) electrons. The Morgan fingerprint density at radius 2 is 1.81 bits per heavy atom. The summed E-state index contributed by atoms with van der Waals surface area (Å²) in [5.41, 5.74) is 1.45. The molecule has 1 fully saturated rings. The molecule has 2 atom stereocenters. The Kier molecular flexibility index (Phi) is 4.80. The summed E-state index contributed by atoms with van der Waals surface area (Å²) in [5.74, 6) is -0.323. The van der Waals surface area contributed by atoms with E-state index in [1.54, 1.807) is 36.4 Å². The lowest BCUT2D eigenvalue weighted by Gasteiger charge is -2.12. The third kappa shape index (κ3) is 3.18. The Morgan fingerprint density at radius 1 is 1.11 bits per heavy atom. The second-order valence-corrected chi connectivity index (χ2v) is 9.05. The van der Waals surface area contributed by atoms with Crippen molar-refractivity contribution in [3.8, 4) is 0 Å². The number of carbonyl (C=O) groups excluding carboxylic acids is 1. The molecule has 0 N–H and O–H groups in total. The van der Waals surface area contributed by atoms with Crippen LogP contribution in [0, 0.1) is 0 Å². The molecule has 2 heterocycles. The molecule has 1 saturated heterocycles. The summed E-state index contributed by atoms with van der Waals surface area (Å²) in [5, 5.41) is -0.924. The van der Waals surface area contributed by atoms with Gasteiger partial charge < -0.3 is 4.74 Å². The Balaban J connectivity index is 1.82. The van der Waals surface area contributed by atoms with E-state index in [9.17, 15) is 13.2 Å². The molecule has 5 nitrogen and oxygen atoms in total. The van der Waals surface area contributed by atoms with Crippen molar-refractivity contribution in [3.05, 3.63) is 71.9 Å². The van der Waals surface area contributed by atoms with Gasteiger partial charge in [-0.05, 0) is 18.1 Å². The molecule has 7 heteroatoms. The average Bonchev–Trinajstić information content (AvgIpc) is 3.36. The highest BCUT2D eigenvalue weighted by Gasteiger charge is 2.33. The summed E-state index contributed by atoms with van der Waals surface area (Å²) in [6.45, 7) is 0.590. The van der Waals surface area contributed by atoms with Gasteiger partial charge in [0.05, 0.1) is 12.1 Å². The molecule has 4 rings (SSSR count). The maximum Gasteiger partial charge on any atom is 0.244 e. The summed E-state index contributed by atoms with van der Waals surface area (Å²) < 4.78 is 32.6. The number of nitrogens with zero attached hydrogens (tertiary/aromatic N) is 1. The number of para-hydroxylation sites is 1. The van der Waals surface area contributed by atoms with E-state index >= 15 is 0 Å². The number of ketones is 1. The molecule has 1 aliphatic rings. The Bertz CT molecular complexity index is 1090. The smallest absolute Gasteiger partial charge is 0.244 e. The van der Waals surface area contributed by atoms with Crippen LogP contribution >= 0.6 is 11.6 Å². The van der Waals surface area contributed by atoms with Crippen molar-refractivity contribution in [1.29, 1.82) is 0 Å². The van der Waals surface area contributed by atoms with E-state index in [-0.39, 0.29) is 12.4 Å². The quantitative estimate of drug-likeness (QED) is 0.480. The number of aromatic nitrogens is 1. The largest absolute Gasteiger partial charge is 0.380 e. The van der Waals surface area contributed by atoms with Crippen LogP contribution in [0.4, 0.5) is 0 Å². The van der Waals surface area contributed by atoms with Gasteiger partial charge in [-0.25, -0.2) is 12.4 Å². The Morgan fingerprint density at radius 3 is 2.52 bits per heavy atom. The molecule has 0 aliphatic carbocycles. The molecule has 1 aromatic heterocycles. The van der Waals surface area contributed by atoms with E-state index in [1.807, 2.05) is 18.2 Å². The molecule has 140 valence electrons. The number of fused-ring (bicyclic) bond motifs is 1. The monoisotopic (exact) mass is 403 g/mol. The van der Waals surface area contributed by atoms with Crippen LogP contribution in [0.3, 0.4) is 0 Å². The molecule has 2 aromatic carbocycles. The number of hydrogen-bond acceptors (Lipinski definition) is 4. The molecule has 0 spiro atoms. The number of halogens is 1. The maximum absolute atomic E-state index is 13.1. The Hall–Kier alpha value is -2.15. The molecular weight excluding hydrogens is 386 g/mol. The van der Waals surface area contributed by atoms with Crippen LogP contribution in [-0.2, 0) is 14.8 Å². The molecule has 2 unspecified atom stereocenters. The predicted molar refractivity (Wildman–Crippen MR) is 105 cm³/mol. The van der Waals surface area contributed by atoms with Crippen molar-refractivity contribution in [2.24, 2.45) is 0 Å². The van der Waals surface area contributed by atoms with Crippen molar-refractivity contribution in [2.45, 2.75) is 17.0 Å². The van der Waals surface area contributed by atoms with Gasteiger partial charge in [-0.3, -0.25) is 4.79 Å². The minimum absolute atomic E-state index is 0.167. The standard InChI is InChI=1S/C20H18ClNO4S/c21-19(14-6-2-1-3-7-14)20(23)17-12-22(18-9-5-4-8-16(17)18)27(24,25)15-10-11-26-13-15/h1-9,12,15,19H,10-11,13H2. The number of hydrogen-bond donors (Lipinski definition) is 0. The van der Waals surface area contributed by atoms with Crippen molar-refractivity contribution < 1.29 is 17.9 Å². The van der Waals surface area contributed by atoms with Crippen LogP contribution in [0.15, 0.2) is 60.8 Å². The first-order valence-corrected chi connectivity index (χ1v) is 10.6. The van der Waals surface area contributed by atoms with Crippen LogP contribution < -0.4 is 0 Å². The Labute approximate surface area is 162 Å². The van der Waals surface area contributed by atoms with Crippen LogP contribution in [0.25, 0.3) is 10.9 Å². The average molecular weight is 404 g/mol. The number of carbonyl (C=O) groups is 1. The van der Waals surface area contributed by atoms with Crippen molar-refractivity contribution in [3.63, 3.8) is 0 Å². The number of rotatable bonds is 5. The van der Waals surface area contributed by atoms with Crippen molar-refractivity contribution >= 4 is 38.3 Å². The lowest BCUT2D eigenvalue weighted by atomic mass is 10.0. The zero-order chi connectivity index (χ0) is 19.0. The number of Topliss-reactive ketones (excluding diaryl/α,β-unsaturated/α-hetero) is 1. The van der Waals surface area contributed by atoms with E-state index in [0.29, 0.717) is 35.1 Å². The summed E-state index contributed by atoms with van der Waals surface area (Å²) in [7, 11) is -3.67. The molecule has 0 saturated carbocycles. The van der Waals surface area contributed by atoms with E-state index in [0.717, 1.165) is 0 Å². The van der Waals surface area contributed by atoms with Crippen molar-refractivity contribution in [1.82, 2.24) is 3.97 Å². The second-order valence-electron chi connectivity index (χ2n) is 6.52. The normalized spacial score (nSPS) is 18.6. The molecule has 0 amide bonds. The number of alkyl halides is 1. The highest BCUT2D eigenvalue weighted by atomic mass is 35.5. The number of benzene rings is 2. The van der Waals surface area contributed by atoms with Gasteiger partial charge in [0, 0.05) is 23.8 Å². The summed E-state index contributed by atoms with van der Waals surface area (Å²) in [4.78, 5) is 13.1. The minimum Gasteiger partial charge on any atom is -0.380 e. The highest BCUT2D eigenvalue weighted by molar-refractivity contribution is 7.90. The van der Waals surface area contributed by atoms with Gasteiger partial charge in [-0.2, -0.15) is 0 Å². The summed E-state index contributed by atoms with van der Waals surface area (Å²) in [6, 6.07) is 16.0. The van der Waals surface area contributed by atoms with E-state index in [2.05, 4.69) is 0 Å². The van der Waals surface area contributed by atoms with Gasteiger partial charge in [-0.1, -0.05) is 48.5 Å². The SMILES string of the molecule is O=C(c1cn(S(=O)(=O)C2CCOC2)c2ccccc12)C(Cl)c1ccccc1. The molecule has 0 bridgehead atoms. The fraction of sp³-hybridized carbons (Fsp3) is 0.250. The molecular formula is C20H18ClNO4S. The third-order valence-corrected chi connectivity index (χ3v) is 7.36. The van der Waals surface area contributed by atoms with Crippen LogP contribution in [-0.4, -0.2) is 36.6 Å². The number of ether oxygens (including phenoxy) is 1. The second kappa shape index (κ2) is 7.11. The predicted octanol–water partition coefficient (Wildman–Crippen LogP) is 3.77. The van der Waals surface area contributed by atoms with Gasteiger partial charge in [0.1, 0.15) is 10.6 Å². The zero-order valence-electron chi connectivity index (χ0n) is 14.4. The fourth-order valence-electron chi connectivity index (χ4n) is 3.38. The van der Waals surface area contributed by atoms with Gasteiger partial charge in [0.15, 0.2) is 5.78 Å². The van der Waals surface area contributed by atoms with Gasteiger partial charge in [0.2, 0.25) is 10.0 Å². The topological polar surface area (TPSA) is 65.4 Å². The van der Waals surface area contributed by atoms with Gasteiger partial charge in [-0.15, -0.1) is 11.6 Å². The first-order chi connectivity index (χ1) is 13.0. The summed E-state index contributed by atoms with van der Waals surface area (Å²) in [6.07, 6.45) is 1.85. The molecule has 1 aliphatic heterocycles.